The second-order valence-electron chi connectivity index (χ2n) is 4.35. The van der Waals surface area contributed by atoms with Gasteiger partial charge in [-0.15, -0.1) is 0 Å². The Kier molecular flexibility index (Phi) is 4.14. The van der Waals surface area contributed by atoms with Crippen LogP contribution in [0.25, 0.3) is 0 Å². The third-order valence-electron chi connectivity index (χ3n) is 2.81. The molecule has 3 N–H and O–H groups in total. The lowest BCUT2D eigenvalue weighted by molar-refractivity contribution is 0.281. The summed E-state index contributed by atoms with van der Waals surface area (Å²) in [7, 11) is 0. The van der Waals surface area contributed by atoms with E-state index < -0.39 is 5.82 Å². The number of hydrogen-bond donors (Lipinski definition) is 2. The molecule has 1 atom stereocenters. The Hall–Kier alpha value is -1.91. The third kappa shape index (κ3) is 3.10. The number of aliphatic hydroxyl groups excluding tert-OH is 1. The van der Waals surface area contributed by atoms with E-state index in [0.29, 0.717) is 11.3 Å². The first-order valence-electron chi connectivity index (χ1n) is 6.03. The Labute approximate surface area is 111 Å². The van der Waals surface area contributed by atoms with Gasteiger partial charge in [-0.05, 0) is 30.7 Å². The second-order valence-corrected chi connectivity index (χ2v) is 4.35. The highest BCUT2D eigenvalue weighted by Gasteiger charge is 2.13. The lowest BCUT2D eigenvalue weighted by Crippen LogP contribution is -2.07. The van der Waals surface area contributed by atoms with Gasteiger partial charge in [0, 0.05) is 11.6 Å². The van der Waals surface area contributed by atoms with Crippen molar-refractivity contribution in [2.45, 2.75) is 19.6 Å². The number of ether oxygens (including phenoxy) is 1. The molecule has 19 heavy (non-hydrogen) atoms. The normalized spacial score (nSPS) is 12.2. The first kappa shape index (κ1) is 13.5. The largest absolute Gasteiger partial charge is 0.454 e. The zero-order chi connectivity index (χ0) is 13.8. The molecule has 2 rings (SSSR count). The van der Waals surface area contributed by atoms with Crippen LogP contribution in [0.1, 0.15) is 24.1 Å². The standard InChI is InChI=1S/C15H16FNO2/c1-10(17)13-3-2-4-14(16)15(13)19-12-7-5-11(9-18)6-8-12/h2-8,10,18H,9,17H2,1H3/t10-/m0/s1. The van der Waals surface area contributed by atoms with Crippen molar-refractivity contribution in [1.82, 2.24) is 0 Å². The summed E-state index contributed by atoms with van der Waals surface area (Å²) in [6.07, 6.45) is 0. The van der Waals surface area contributed by atoms with Crippen molar-refractivity contribution in [1.29, 1.82) is 0 Å². The monoisotopic (exact) mass is 261 g/mol. The molecule has 100 valence electrons. The molecule has 0 spiro atoms. The van der Waals surface area contributed by atoms with E-state index in [4.69, 9.17) is 15.6 Å². The van der Waals surface area contributed by atoms with Crippen molar-refractivity contribution in [3.8, 4) is 11.5 Å². The van der Waals surface area contributed by atoms with Crippen LogP contribution in [0.2, 0.25) is 0 Å². The van der Waals surface area contributed by atoms with Crippen LogP contribution >= 0.6 is 0 Å². The maximum absolute atomic E-state index is 13.8. The van der Waals surface area contributed by atoms with Gasteiger partial charge in [0.05, 0.1) is 6.61 Å². The van der Waals surface area contributed by atoms with Gasteiger partial charge in [0.2, 0.25) is 0 Å². The van der Waals surface area contributed by atoms with Gasteiger partial charge in [-0.3, -0.25) is 0 Å². The molecule has 0 aliphatic heterocycles. The molecule has 0 fully saturated rings. The second kappa shape index (κ2) is 5.82. The van der Waals surface area contributed by atoms with Crippen LogP contribution < -0.4 is 10.5 Å². The predicted molar refractivity (Wildman–Crippen MR) is 71.4 cm³/mol. The summed E-state index contributed by atoms with van der Waals surface area (Å²) in [5, 5.41) is 8.96. The highest BCUT2D eigenvalue weighted by molar-refractivity contribution is 5.41. The highest BCUT2D eigenvalue weighted by atomic mass is 19.1. The molecule has 0 saturated heterocycles. The molecule has 2 aromatic rings. The van der Waals surface area contributed by atoms with Crippen LogP contribution in [-0.2, 0) is 6.61 Å². The molecule has 2 aromatic carbocycles. The fraction of sp³-hybridized carbons (Fsp3) is 0.200. The summed E-state index contributed by atoms with van der Waals surface area (Å²) in [5.41, 5.74) is 7.19. The van der Waals surface area contributed by atoms with Crippen LogP contribution in [0.3, 0.4) is 0 Å². The Balaban J connectivity index is 2.31. The third-order valence-corrected chi connectivity index (χ3v) is 2.81. The maximum Gasteiger partial charge on any atom is 0.167 e. The number of rotatable bonds is 4. The van der Waals surface area contributed by atoms with Gasteiger partial charge >= 0.3 is 0 Å². The Bertz CT molecular complexity index is 553. The summed E-state index contributed by atoms with van der Waals surface area (Å²) >= 11 is 0. The van der Waals surface area contributed by atoms with Crippen molar-refractivity contribution in [2.75, 3.05) is 0 Å². The topological polar surface area (TPSA) is 55.5 Å². The summed E-state index contributed by atoms with van der Waals surface area (Å²) in [6.45, 7) is 1.74. The van der Waals surface area contributed by atoms with Gasteiger partial charge in [0.1, 0.15) is 5.75 Å². The minimum absolute atomic E-state index is 0.0366. The SMILES string of the molecule is C[C@H](N)c1cccc(F)c1Oc1ccc(CO)cc1. The molecular weight excluding hydrogens is 245 g/mol. The molecule has 3 nitrogen and oxygen atoms in total. The fourth-order valence-electron chi connectivity index (χ4n) is 1.77. The van der Waals surface area contributed by atoms with Crippen molar-refractivity contribution < 1.29 is 14.2 Å². The van der Waals surface area contributed by atoms with Gasteiger partial charge in [-0.1, -0.05) is 24.3 Å². The Morgan fingerprint density at radius 2 is 1.89 bits per heavy atom. The minimum atomic E-state index is -0.443. The van der Waals surface area contributed by atoms with E-state index in [1.165, 1.54) is 6.07 Å². The number of halogens is 1. The fourth-order valence-corrected chi connectivity index (χ4v) is 1.77. The van der Waals surface area contributed by atoms with E-state index in [9.17, 15) is 4.39 Å². The molecule has 0 aliphatic carbocycles. The van der Waals surface area contributed by atoms with E-state index in [0.717, 1.165) is 5.56 Å². The molecular formula is C15H16FNO2. The van der Waals surface area contributed by atoms with Crippen molar-refractivity contribution in [2.24, 2.45) is 5.73 Å². The first-order chi connectivity index (χ1) is 9.11. The van der Waals surface area contributed by atoms with Crippen molar-refractivity contribution in [3.05, 3.63) is 59.4 Å². The highest BCUT2D eigenvalue weighted by Crippen LogP contribution is 2.31. The molecule has 0 aromatic heterocycles. The van der Waals surface area contributed by atoms with E-state index in [1.807, 2.05) is 0 Å². The van der Waals surface area contributed by atoms with Crippen molar-refractivity contribution >= 4 is 0 Å². The van der Waals surface area contributed by atoms with Gasteiger partial charge in [0.15, 0.2) is 11.6 Å². The number of nitrogens with two attached hydrogens (primary N) is 1. The number of hydrogen-bond acceptors (Lipinski definition) is 3. The smallest absolute Gasteiger partial charge is 0.167 e. The zero-order valence-corrected chi connectivity index (χ0v) is 10.6. The lowest BCUT2D eigenvalue weighted by atomic mass is 10.1. The summed E-state index contributed by atoms with van der Waals surface area (Å²) in [4.78, 5) is 0. The molecule has 0 amide bonds. The Morgan fingerprint density at radius 1 is 1.21 bits per heavy atom. The molecule has 0 saturated carbocycles. The zero-order valence-electron chi connectivity index (χ0n) is 10.6. The number of aliphatic hydroxyl groups is 1. The minimum Gasteiger partial charge on any atom is -0.454 e. The predicted octanol–water partition coefficient (Wildman–Crippen LogP) is 3.13. The van der Waals surface area contributed by atoms with Crippen molar-refractivity contribution in [3.63, 3.8) is 0 Å². The molecule has 0 unspecified atom stereocenters. The maximum atomic E-state index is 13.8. The van der Waals surface area contributed by atoms with Gasteiger partial charge in [0.25, 0.3) is 0 Å². The molecule has 0 radical (unpaired) electrons. The lowest BCUT2D eigenvalue weighted by Gasteiger charge is -2.14. The van der Waals surface area contributed by atoms with Crippen LogP contribution in [0.4, 0.5) is 4.39 Å². The Morgan fingerprint density at radius 3 is 2.47 bits per heavy atom. The molecule has 4 heteroatoms. The summed E-state index contributed by atoms with van der Waals surface area (Å²) in [5.74, 6) is 0.208. The van der Waals surface area contributed by atoms with Gasteiger partial charge in [-0.2, -0.15) is 0 Å². The van der Waals surface area contributed by atoms with Crippen LogP contribution in [-0.4, -0.2) is 5.11 Å². The quantitative estimate of drug-likeness (QED) is 0.889. The van der Waals surface area contributed by atoms with Gasteiger partial charge < -0.3 is 15.6 Å². The van der Waals surface area contributed by atoms with Crippen LogP contribution in [0.15, 0.2) is 42.5 Å². The summed E-state index contributed by atoms with van der Waals surface area (Å²) < 4.78 is 19.4. The average Bonchev–Trinajstić information content (AvgIpc) is 2.41. The van der Waals surface area contributed by atoms with E-state index in [-0.39, 0.29) is 18.4 Å². The van der Waals surface area contributed by atoms with Gasteiger partial charge in [-0.25, -0.2) is 4.39 Å². The van der Waals surface area contributed by atoms with E-state index in [2.05, 4.69) is 0 Å². The average molecular weight is 261 g/mol. The molecule has 0 aliphatic rings. The molecule has 0 bridgehead atoms. The van der Waals surface area contributed by atoms with Crippen LogP contribution in [0, 0.1) is 5.82 Å². The summed E-state index contributed by atoms with van der Waals surface area (Å²) in [6, 6.07) is 11.2. The molecule has 0 heterocycles. The first-order valence-corrected chi connectivity index (χ1v) is 6.03. The van der Waals surface area contributed by atoms with E-state index in [1.54, 1.807) is 43.3 Å². The number of para-hydroxylation sites is 1. The van der Waals surface area contributed by atoms with E-state index >= 15 is 0 Å². The van der Waals surface area contributed by atoms with Crippen LogP contribution in [0.5, 0.6) is 11.5 Å². The number of benzene rings is 2.